The summed E-state index contributed by atoms with van der Waals surface area (Å²) in [5, 5.41) is 9.92. The molecule has 20 heavy (non-hydrogen) atoms. The number of carbonyl (C=O) groups excluding carboxylic acids is 1. The fourth-order valence-electron chi connectivity index (χ4n) is 2.73. The zero-order valence-electron chi connectivity index (χ0n) is 11.8. The minimum absolute atomic E-state index is 0.00660. The molecule has 0 aliphatic carbocycles. The Morgan fingerprint density at radius 2 is 2.30 bits per heavy atom. The molecule has 0 spiro atoms. The number of hydrogen-bond acceptors (Lipinski definition) is 4. The number of nitrogens with two attached hydrogens (primary N) is 1. The molecule has 0 aromatic heterocycles. The van der Waals surface area contributed by atoms with E-state index in [-0.39, 0.29) is 17.7 Å². The predicted octanol–water partition coefficient (Wildman–Crippen LogP) is 1.74. The van der Waals surface area contributed by atoms with Crippen LogP contribution in [-0.4, -0.2) is 42.2 Å². The quantitative estimate of drug-likeness (QED) is 0.879. The van der Waals surface area contributed by atoms with Crippen LogP contribution in [0.1, 0.15) is 36.0 Å². The van der Waals surface area contributed by atoms with Crippen molar-refractivity contribution in [2.45, 2.75) is 31.7 Å². The summed E-state index contributed by atoms with van der Waals surface area (Å²) in [4.78, 5) is 14.5. The minimum atomic E-state index is -0.139. The molecule has 0 saturated carbocycles. The van der Waals surface area contributed by atoms with Crippen LogP contribution in [0.25, 0.3) is 0 Å². The maximum atomic E-state index is 12.6. The molecule has 1 aliphatic heterocycles. The van der Waals surface area contributed by atoms with Gasteiger partial charge in [-0.3, -0.25) is 4.79 Å². The Bertz CT molecular complexity index is 474. The molecule has 1 aromatic carbocycles. The summed E-state index contributed by atoms with van der Waals surface area (Å²) < 4.78 is 5.12. The summed E-state index contributed by atoms with van der Waals surface area (Å²) in [5.41, 5.74) is 5.93. The van der Waals surface area contributed by atoms with E-state index in [4.69, 9.17) is 10.5 Å². The number of piperidine rings is 1. The minimum Gasteiger partial charge on any atom is -0.507 e. The number of amides is 1. The molecule has 1 unspecified atom stereocenters. The lowest BCUT2D eigenvalue weighted by Gasteiger charge is -2.36. The highest BCUT2D eigenvalue weighted by Gasteiger charge is 2.28. The number of benzene rings is 1. The summed E-state index contributed by atoms with van der Waals surface area (Å²) in [6.45, 7) is 1.29. The SMILES string of the molecule is COc1ccc(O)c(C(=O)N2CCCCC2CCN)c1. The Balaban J connectivity index is 2.24. The number of rotatable bonds is 4. The van der Waals surface area contributed by atoms with Crippen LogP contribution in [0.4, 0.5) is 0 Å². The number of methoxy groups -OCH3 is 1. The Morgan fingerprint density at radius 1 is 1.50 bits per heavy atom. The molecule has 1 aromatic rings. The van der Waals surface area contributed by atoms with Crippen LogP contribution in [0.5, 0.6) is 11.5 Å². The Hall–Kier alpha value is -1.75. The van der Waals surface area contributed by atoms with E-state index in [1.165, 1.54) is 6.07 Å². The summed E-state index contributed by atoms with van der Waals surface area (Å²) in [6.07, 6.45) is 3.90. The van der Waals surface area contributed by atoms with Crippen molar-refractivity contribution in [1.82, 2.24) is 4.90 Å². The van der Waals surface area contributed by atoms with E-state index in [1.54, 1.807) is 19.2 Å². The van der Waals surface area contributed by atoms with Gasteiger partial charge in [0.05, 0.1) is 12.7 Å². The second-order valence-electron chi connectivity index (χ2n) is 5.11. The number of phenols is 1. The number of likely N-dealkylation sites (tertiary alicyclic amines) is 1. The van der Waals surface area contributed by atoms with Crippen molar-refractivity contribution < 1.29 is 14.6 Å². The Labute approximate surface area is 119 Å². The molecule has 0 radical (unpaired) electrons. The number of hydrogen-bond donors (Lipinski definition) is 2. The first-order valence-electron chi connectivity index (χ1n) is 7.05. The third-order valence-corrected chi connectivity index (χ3v) is 3.82. The topological polar surface area (TPSA) is 75.8 Å². The standard InChI is InChI=1S/C15H22N2O3/c1-20-12-5-6-14(18)13(10-12)15(19)17-9-3-2-4-11(17)7-8-16/h5-6,10-11,18H,2-4,7-9,16H2,1H3. The van der Waals surface area contributed by atoms with Crippen molar-refractivity contribution in [2.24, 2.45) is 5.73 Å². The van der Waals surface area contributed by atoms with Crippen LogP contribution in [-0.2, 0) is 0 Å². The fourth-order valence-corrected chi connectivity index (χ4v) is 2.73. The molecular formula is C15H22N2O3. The van der Waals surface area contributed by atoms with Crippen molar-refractivity contribution in [3.05, 3.63) is 23.8 Å². The Kier molecular flexibility index (Phi) is 4.84. The van der Waals surface area contributed by atoms with Gasteiger partial charge in [0, 0.05) is 12.6 Å². The zero-order chi connectivity index (χ0) is 14.5. The molecule has 5 heteroatoms. The van der Waals surface area contributed by atoms with Gasteiger partial charge in [-0.2, -0.15) is 0 Å². The van der Waals surface area contributed by atoms with Crippen molar-refractivity contribution in [3.63, 3.8) is 0 Å². The van der Waals surface area contributed by atoms with Gasteiger partial charge in [-0.15, -0.1) is 0 Å². The fraction of sp³-hybridized carbons (Fsp3) is 0.533. The zero-order valence-corrected chi connectivity index (χ0v) is 11.8. The number of aromatic hydroxyl groups is 1. The van der Waals surface area contributed by atoms with Crippen molar-refractivity contribution in [3.8, 4) is 11.5 Å². The Morgan fingerprint density at radius 3 is 3.00 bits per heavy atom. The summed E-state index contributed by atoms with van der Waals surface area (Å²) in [7, 11) is 1.54. The molecule has 3 N–H and O–H groups in total. The van der Waals surface area contributed by atoms with Crippen molar-refractivity contribution >= 4 is 5.91 Å². The van der Waals surface area contributed by atoms with Gasteiger partial charge < -0.3 is 20.5 Å². The number of ether oxygens (including phenoxy) is 1. The molecule has 1 fully saturated rings. The largest absolute Gasteiger partial charge is 0.507 e. The average Bonchev–Trinajstić information content (AvgIpc) is 2.48. The van der Waals surface area contributed by atoms with Crippen LogP contribution in [0, 0.1) is 0 Å². The smallest absolute Gasteiger partial charge is 0.257 e. The summed E-state index contributed by atoms with van der Waals surface area (Å²) in [5.74, 6) is 0.422. The van der Waals surface area contributed by atoms with Gasteiger partial charge in [0.1, 0.15) is 11.5 Å². The molecule has 2 rings (SSSR count). The van der Waals surface area contributed by atoms with Crippen LogP contribution in [0.3, 0.4) is 0 Å². The van der Waals surface area contributed by atoms with Gasteiger partial charge in [-0.1, -0.05) is 0 Å². The second-order valence-corrected chi connectivity index (χ2v) is 5.11. The highest BCUT2D eigenvalue weighted by molar-refractivity contribution is 5.97. The number of carbonyl (C=O) groups is 1. The maximum absolute atomic E-state index is 12.6. The van der Waals surface area contributed by atoms with Crippen molar-refractivity contribution in [2.75, 3.05) is 20.2 Å². The van der Waals surface area contributed by atoms with E-state index in [0.29, 0.717) is 17.9 Å². The third-order valence-electron chi connectivity index (χ3n) is 3.82. The van der Waals surface area contributed by atoms with Crippen LogP contribution < -0.4 is 10.5 Å². The van der Waals surface area contributed by atoms with Crippen LogP contribution >= 0.6 is 0 Å². The molecule has 1 atom stereocenters. The molecule has 110 valence electrons. The van der Waals surface area contributed by atoms with Gasteiger partial charge in [0.25, 0.3) is 5.91 Å². The lowest BCUT2D eigenvalue weighted by atomic mass is 9.98. The molecule has 1 saturated heterocycles. The van der Waals surface area contributed by atoms with Crippen molar-refractivity contribution in [1.29, 1.82) is 0 Å². The highest BCUT2D eigenvalue weighted by atomic mass is 16.5. The molecule has 1 aliphatic rings. The lowest BCUT2D eigenvalue weighted by Crippen LogP contribution is -2.44. The first kappa shape index (κ1) is 14.7. The molecular weight excluding hydrogens is 256 g/mol. The van der Waals surface area contributed by atoms with E-state index in [9.17, 15) is 9.90 Å². The van der Waals surface area contributed by atoms with Gasteiger partial charge in [0.15, 0.2) is 0 Å². The molecule has 0 bridgehead atoms. The second kappa shape index (κ2) is 6.61. The maximum Gasteiger partial charge on any atom is 0.257 e. The van der Waals surface area contributed by atoms with Gasteiger partial charge in [-0.05, 0) is 50.4 Å². The summed E-state index contributed by atoms with van der Waals surface area (Å²) in [6, 6.07) is 4.89. The van der Waals surface area contributed by atoms with E-state index in [0.717, 1.165) is 32.2 Å². The van der Waals surface area contributed by atoms with Gasteiger partial charge >= 0.3 is 0 Å². The summed E-state index contributed by atoms with van der Waals surface area (Å²) >= 11 is 0. The normalized spacial score (nSPS) is 18.9. The third kappa shape index (κ3) is 3.04. The first-order chi connectivity index (χ1) is 9.67. The molecule has 1 amide bonds. The van der Waals surface area contributed by atoms with Crippen LogP contribution in [0.15, 0.2) is 18.2 Å². The molecule has 1 heterocycles. The van der Waals surface area contributed by atoms with Crippen LogP contribution in [0.2, 0.25) is 0 Å². The number of phenolic OH excluding ortho intramolecular Hbond substituents is 1. The predicted molar refractivity (Wildman–Crippen MR) is 77.0 cm³/mol. The average molecular weight is 278 g/mol. The van der Waals surface area contributed by atoms with E-state index in [1.807, 2.05) is 4.90 Å². The van der Waals surface area contributed by atoms with E-state index >= 15 is 0 Å². The lowest BCUT2D eigenvalue weighted by molar-refractivity contribution is 0.0601. The van der Waals surface area contributed by atoms with Gasteiger partial charge in [0.2, 0.25) is 0 Å². The van der Waals surface area contributed by atoms with E-state index in [2.05, 4.69) is 0 Å². The first-order valence-corrected chi connectivity index (χ1v) is 7.05. The number of nitrogens with zero attached hydrogens (tertiary/aromatic N) is 1. The highest BCUT2D eigenvalue weighted by Crippen LogP contribution is 2.28. The molecule has 5 nitrogen and oxygen atoms in total. The van der Waals surface area contributed by atoms with E-state index < -0.39 is 0 Å². The van der Waals surface area contributed by atoms with Gasteiger partial charge in [-0.25, -0.2) is 0 Å². The monoisotopic (exact) mass is 278 g/mol.